The summed E-state index contributed by atoms with van der Waals surface area (Å²) in [5, 5.41) is 3.02. The van der Waals surface area contributed by atoms with Gasteiger partial charge in [-0.3, -0.25) is 13.9 Å². The van der Waals surface area contributed by atoms with Crippen molar-refractivity contribution in [2.24, 2.45) is 5.92 Å². The molecule has 0 aliphatic carbocycles. The smallest absolute Gasteiger partial charge is 0.264 e. The molecule has 4 rings (SSSR count). The van der Waals surface area contributed by atoms with Crippen molar-refractivity contribution in [3.63, 3.8) is 0 Å². The van der Waals surface area contributed by atoms with E-state index in [0.29, 0.717) is 12.2 Å². The average molecular weight is 691 g/mol. The van der Waals surface area contributed by atoms with E-state index in [-0.39, 0.29) is 29.7 Å². The van der Waals surface area contributed by atoms with E-state index in [4.69, 9.17) is 0 Å². The van der Waals surface area contributed by atoms with Crippen LogP contribution >= 0.6 is 15.9 Å². The van der Waals surface area contributed by atoms with Crippen LogP contribution in [0, 0.1) is 19.8 Å². The summed E-state index contributed by atoms with van der Waals surface area (Å²) in [6.07, 6.45) is 0.263. The molecule has 0 aliphatic rings. The fourth-order valence-corrected chi connectivity index (χ4v) is 7.02. The lowest BCUT2D eigenvalue weighted by atomic mass is 10.0. The van der Waals surface area contributed by atoms with Gasteiger partial charge in [-0.1, -0.05) is 96.5 Å². The highest BCUT2D eigenvalue weighted by molar-refractivity contribution is 9.10. The summed E-state index contributed by atoms with van der Waals surface area (Å²) >= 11 is 3.52. The molecular formula is C36H40BrN3O4S. The van der Waals surface area contributed by atoms with Crippen molar-refractivity contribution in [1.82, 2.24) is 10.2 Å². The highest BCUT2D eigenvalue weighted by atomic mass is 79.9. The van der Waals surface area contributed by atoms with E-state index in [1.807, 2.05) is 88.4 Å². The van der Waals surface area contributed by atoms with Crippen LogP contribution in [0.1, 0.15) is 36.1 Å². The number of hydrogen-bond acceptors (Lipinski definition) is 4. The Bertz CT molecular complexity index is 1690. The van der Waals surface area contributed by atoms with Crippen molar-refractivity contribution in [3.8, 4) is 0 Å². The van der Waals surface area contributed by atoms with E-state index in [1.165, 1.54) is 17.0 Å². The van der Waals surface area contributed by atoms with Crippen LogP contribution in [0.25, 0.3) is 0 Å². The normalized spacial score (nSPS) is 12.0. The molecule has 45 heavy (non-hydrogen) atoms. The van der Waals surface area contributed by atoms with Crippen LogP contribution < -0.4 is 9.62 Å². The molecule has 236 valence electrons. The molecule has 2 amide bonds. The Morgan fingerprint density at radius 3 is 2.00 bits per heavy atom. The van der Waals surface area contributed by atoms with Gasteiger partial charge in [0.2, 0.25) is 11.8 Å². The number of anilines is 1. The molecule has 0 aliphatic heterocycles. The second kappa shape index (κ2) is 15.4. The number of benzene rings is 4. The minimum atomic E-state index is -4.14. The fraction of sp³-hybridized carbons (Fsp3) is 0.278. The zero-order valence-corrected chi connectivity index (χ0v) is 28.5. The van der Waals surface area contributed by atoms with Gasteiger partial charge in [-0.05, 0) is 78.4 Å². The van der Waals surface area contributed by atoms with Gasteiger partial charge in [-0.15, -0.1) is 0 Å². The van der Waals surface area contributed by atoms with Crippen LogP contribution in [-0.4, -0.2) is 44.3 Å². The van der Waals surface area contributed by atoms with Crippen LogP contribution in [0.2, 0.25) is 0 Å². The van der Waals surface area contributed by atoms with E-state index in [9.17, 15) is 18.0 Å². The summed E-state index contributed by atoms with van der Waals surface area (Å²) in [5.41, 5.74) is 3.81. The van der Waals surface area contributed by atoms with Crippen molar-refractivity contribution >= 4 is 43.5 Å². The average Bonchev–Trinajstić information content (AvgIpc) is 3.00. The molecule has 0 spiro atoms. The molecule has 1 unspecified atom stereocenters. The summed E-state index contributed by atoms with van der Waals surface area (Å²) < 4.78 is 30.3. The second-order valence-electron chi connectivity index (χ2n) is 11.7. The minimum absolute atomic E-state index is 0.0750. The van der Waals surface area contributed by atoms with Gasteiger partial charge < -0.3 is 10.2 Å². The Labute approximate surface area is 275 Å². The predicted molar refractivity (Wildman–Crippen MR) is 183 cm³/mol. The quantitative estimate of drug-likeness (QED) is 0.170. The molecule has 0 aromatic heterocycles. The van der Waals surface area contributed by atoms with Crippen molar-refractivity contribution in [2.45, 2.75) is 51.6 Å². The summed E-state index contributed by atoms with van der Waals surface area (Å²) in [5.74, 6) is -0.578. The van der Waals surface area contributed by atoms with E-state index >= 15 is 0 Å². The van der Waals surface area contributed by atoms with Gasteiger partial charge in [-0.25, -0.2) is 8.42 Å². The summed E-state index contributed by atoms with van der Waals surface area (Å²) in [7, 11) is -4.14. The molecule has 0 saturated carbocycles. The Balaban J connectivity index is 1.82. The molecule has 0 saturated heterocycles. The van der Waals surface area contributed by atoms with E-state index in [0.717, 1.165) is 31.0 Å². The Morgan fingerprint density at radius 2 is 1.40 bits per heavy atom. The number of rotatable bonds is 13. The van der Waals surface area contributed by atoms with Crippen molar-refractivity contribution in [3.05, 3.63) is 130 Å². The third kappa shape index (κ3) is 9.28. The molecule has 0 heterocycles. The van der Waals surface area contributed by atoms with Gasteiger partial charge in [0.1, 0.15) is 12.6 Å². The Morgan fingerprint density at radius 1 is 0.800 bits per heavy atom. The molecule has 1 N–H and O–H groups in total. The van der Waals surface area contributed by atoms with E-state index < -0.39 is 28.5 Å². The highest BCUT2D eigenvalue weighted by Crippen LogP contribution is 2.27. The van der Waals surface area contributed by atoms with Gasteiger partial charge in [0.05, 0.1) is 10.6 Å². The Hall–Kier alpha value is -3.95. The minimum Gasteiger partial charge on any atom is -0.354 e. The predicted octanol–water partition coefficient (Wildman–Crippen LogP) is 6.67. The fourth-order valence-electron chi connectivity index (χ4n) is 5.15. The molecule has 7 nitrogen and oxygen atoms in total. The lowest BCUT2D eigenvalue weighted by Crippen LogP contribution is -2.53. The van der Waals surface area contributed by atoms with Crippen molar-refractivity contribution in [1.29, 1.82) is 0 Å². The number of amides is 2. The zero-order chi connectivity index (χ0) is 32.6. The van der Waals surface area contributed by atoms with Crippen LogP contribution in [0.3, 0.4) is 0 Å². The van der Waals surface area contributed by atoms with Gasteiger partial charge in [0.15, 0.2) is 0 Å². The molecule has 9 heteroatoms. The third-order valence-corrected chi connectivity index (χ3v) is 9.58. The first-order chi connectivity index (χ1) is 21.4. The number of hydrogen-bond donors (Lipinski definition) is 1. The summed E-state index contributed by atoms with van der Waals surface area (Å²) in [6.45, 7) is 7.86. The second-order valence-corrected chi connectivity index (χ2v) is 14.4. The molecule has 0 fully saturated rings. The summed E-state index contributed by atoms with van der Waals surface area (Å²) in [6, 6.07) is 29.8. The number of carbonyl (C=O) groups is 2. The number of nitrogens with zero attached hydrogens (tertiary/aromatic N) is 2. The van der Waals surface area contributed by atoms with Crippen LogP contribution in [0.5, 0.6) is 0 Å². The molecule has 0 bridgehead atoms. The first kappa shape index (κ1) is 33.9. The monoisotopic (exact) mass is 689 g/mol. The molecule has 4 aromatic carbocycles. The number of carbonyl (C=O) groups excluding carboxylic acids is 2. The SMILES string of the molecule is Cc1cc(C)cc(N(CC(=O)N(Cc2cccc(Br)c2)C(Cc2ccccc2)C(=O)NCC(C)C)S(=O)(=O)c2ccccc2)c1. The third-order valence-electron chi connectivity index (χ3n) is 7.30. The first-order valence-corrected chi connectivity index (χ1v) is 17.2. The number of nitrogens with one attached hydrogen (secondary N) is 1. The Kier molecular flexibility index (Phi) is 11.6. The molecule has 4 aromatic rings. The topological polar surface area (TPSA) is 86.8 Å². The number of halogens is 1. The number of sulfonamides is 1. The van der Waals surface area contributed by atoms with E-state index in [2.05, 4.69) is 21.2 Å². The van der Waals surface area contributed by atoms with E-state index in [1.54, 1.807) is 30.3 Å². The van der Waals surface area contributed by atoms with Crippen LogP contribution in [-0.2, 0) is 32.6 Å². The first-order valence-electron chi connectivity index (χ1n) is 15.0. The van der Waals surface area contributed by atoms with Gasteiger partial charge in [0, 0.05) is 24.0 Å². The highest BCUT2D eigenvalue weighted by Gasteiger charge is 2.34. The number of aryl methyl sites for hydroxylation is 2. The summed E-state index contributed by atoms with van der Waals surface area (Å²) in [4.78, 5) is 30.0. The molecule has 1 atom stereocenters. The maximum absolute atomic E-state index is 14.6. The molecular weight excluding hydrogens is 650 g/mol. The lowest BCUT2D eigenvalue weighted by Gasteiger charge is -2.34. The molecule has 0 radical (unpaired) electrons. The van der Waals surface area contributed by atoms with Gasteiger partial charge in [-0.2, -0.15) is 0 Å². The van der Waals surface area contributed by atoms with Crippen molar-refractivity contribution < 1.29 is 18.0 Å². The largest absolute Gasteiger partial charge is 0.354 e. The van der Waals surface area contributed by atoms with Gasteiger partial charge in [0.25, 0.3) is 10.0 Å². The van der Waals surface area contributed by atoms with Gasteiger partial charge >= 0.3 is 0 Å². The van der Waals surface area contributed by atoms with Crippen molar-refractivity contribution in [2.75, 3.05) is 17.4 Å². The van der Waals surface area contributed by atoms with Crippen LogP contribution in [0.15, 0.2) is 112 Å². The lowest BCUT2D eigenvalue weighted by molar-refractivity contribution is -0.140. The van der Waals surface area contributed by atoms with Crippen LogP contribution in [0.4, 0.5) is 5.69 Å². The maximum atomic E-state index is 14.6. The standard InChI is InChI=1S/C36H40BrN3O4S/c1-26(2)23-38-36(42)34(22-29-12-7-5-8-13-29)39(24-30-14-11-15-31(37)21-30)35(41)25-40(32-19-27(3)18-28(4)20-32)45(43,44)33-16-9-6-10-17-33/h5-21,26,34H,22-25H2,1-4H3,(H,38,42). The maximum Gasteiger partial charge on any atom is 0.264 e. The zero-order valence-electron chi connectivity index (χ0n) is 26.1.